The maximum atomic E-state index is 12.2. The molecule has 1 heterocycles. The molecule has 0 radical (unpaired) electrons. The van der Waals surface area contributed by atoms with E-state index in [4.69, 9.17) is 9.84 Å². The van der Waals surface area contributed by atoms with E-state index >= 15 is 0 Å². The van der Waals surface area contributed by atoms with Gasteiger partial charge in [0.05, 0.1) is 25.7 Å². The van der Waals surface area contributed by atoms with Crippen molar-refractivity contribution < 1.29 is 14.6 Å². The summed E-state index contributed by atoms with van der Waals surface area (Å²) in [4.78, 5) is 13.9. The first-order chi connectivity index (χ1) is 9.27. The molecule has 1 saturated heterocycles. The van der Waals surface area contributed by atoms with Crippen LogP contribution >= 0.6 is 0 Å². The third-order valence-corrected chi connectivity index (χ3v) is 3.41. The van der Waals surface area contributed by atoms with Crippen molar-refractivity contribution in [2.24, 2.45) is 0 Å². The van der Waals surface area contributed by atoms with Crippen LogP contribution in [0.1, 0.15) is 39.0 Å². The first-order valence-corrected chi connectivity index (χ1v) is 7.49. The second-order valence-corrected chi connectivity index (χ2v) is 5.07. The topological polar surface area (TPSA) is 61.8 Å². The lowest BCUT2D eigenvalue weighted by molar-refractivity contribution is -0.135. The molecule has 0 spiro atoms. The van der Waals surface area contributed by atoms with Crippen LogP contribution in [0.2, 0.25) is 0 Å². The van der Waals surface area contributed by atoms with Crippen LogP contribution in [0.25, 0.3) is 0 Å². The summed E-state index contributed by atoms with van der Waals surface area (Å²) in [5.41, 5.74) is 0. The Bertz CT molecular complexity index is 243. The fourth-order valence-electron chi connectivity index (χ4n) is 2.29. The SMILES string of the molecule is CCCCCCN(CCO)C(=O)CC1CNCCO1. The molecule has 1 rings (SSSR count). The van der Waals surface area contributed by atoms with Gasteiger partial charge in [-0.1, -0.05) is 26.2 Å². The maximum Gasteiger partial charge on any atom is 0.225 e. The van der Waals surface area contributed by atoms with Crippen molar-refractivity contribution in [1.29, 1.82) is 0 Å². The van der Waals surface area contributed by atoms with Crippen molar-refractivity contribution in [3.8, 4) is 0 Å². The number of carbonyl (C=O) groups excluding carboxylic acids is 1. The molecule has 1 aliphatic heterocycles. The van der Waals surface area contributed by atoms with Crippen molar-refractivity contribution in [1.82, 2.24) is 10.2 Å². The maximum absolute atomic E-state index is 12.2. The molecule has 2 N–H and O–H groups in total. The molecule has 1 fully saturated rings. The Balaban J connectivity index is 2.29. The van der Waals surface area contributed by atoms with E-state index in [-0.39, 0.29) is 18.6 Å². The largest absolute Gasteiger partial charge is 0.395 e. The Morgan fingerprint density at radius 3 is 2.84 bits per heavy atom. The molecule has 0 aromatic carbocycles. The van der Waals surface area contributed by atoms with Crippen molar-refractivity contribution in [3.63, 3.8) is 0 Å². The zero-order chi connectivity index (χ0) is 13.9. The quantitative estimate of drug-likeness (QED) is 0.609. The standard InChI is InChI=1S/C14H28N2O3/c1-2-3-4-5-7-16(8-9-17)14(18)11-13-12-15-6-10-19-13/h13,15,17H,2-12H2,1H3. The molecule has 0 bridgehead atoms. The van der Waals surface area contributed by atoms with Crippen LogP contribution in [-0.2, 0) is 9.53 Å². The van der Waals surface area contributed by atoms with Gasteiger partial charge in [-0.3, -0.25) is 4.79 Å². The molecule has 0 saturated carbocycles. The molecule has 5 heteroatoms. The number of unbranched alkanes of at least 4 members (excludes halogenated alkanes) is 3. The van der Waals surface area contributed by atoms with Gasteiger partial charge in [-0.2, -0.15) is 0 Å². The highest BCUT2D eigenvalue weighted by atomic mass is 16.5. The minimum absolute atomic E-state index is 0.0157. The average molecular weight is 272 g/mol. The van der Waals surface area contributed by atoms with Crippen LogP contribution in [0.15, 0.2) is 0 Å². The number of hydrogen-bond acceptors (Lipinski definition) is 4. The Morgan fingerprint density at radius 1 is 1.37 bits per heavy atom. The van der Waals surface area contributed by atoms with Crippen LogP contribution in [0, 0.1) is 0 Å². The molecule has 0 aromatic rings. The number of aliphatic hydroxyl groups is 1. The number of hydrogen-bond donors (Lipinski definition) is 2. The molecular weight excluding hydrogens is 244 g/mol. The molecule has 0 aromatic heterocycles. The Hall–Kier alpha value is -0.650. The van der Waals surface area contributed by atoms with E-state index in [0.717, 1.165) is 32.5 Å². The van der Waals surface area contributed by atoms with Gasteiger partial charge in [0.15, 0.2) is 0 Å². The number of amides is 1. The summed E-state index contributed by atoms with van der Waals surface area (Å²) in [5.74, 6) is 0.0965. The fourth-order valence-corrected chi connectivity index (χ4v) is 2.29. The third-order valence-electron chi connectivity index (χ3n) is 3.41. The zero-order valence-electron chi connectivity index (χ0n) is 12.1. The fraction of sp³-hybridized carbons (Fsp3) is 0.929. The van der Waals surface area contributed by atoms with E-state index in [1.54, 1.807) is 4.90 Å². The second kappa shape index (κ2) is 10.2. The highest BCUT2D eigenvalue weighted by molar-refractivity contribution is 5.76. The first-order valence-electron chi connectivity index (χ1n) is 7.49. The summed E-state index contributed by atoms with van der Waals surface area (Å²) < 4.78 is 5.55. The Morgan fingerprint density at radius 2 is 2.21 bits per heavy atom. The second-order valence-electron chi connectivity index (χ2n) is 5.07. The molecule has 1 aliphatic rings. The number of carbonyl (C=O) groups is 1. The Kier molecular flexibility index (Phi) is 8.79. The molecule has 1 atom stereocenters. The Labute approximate surface area is 116 Å². The lowest BCUT2D eigenvalue weighted by atomic mass is 10.1. The number of aliphatic hydroxyl groups excluding tert-OH is 1. The molecule has 1 unspecified atom stereocenters. The summed E-state index contributed by atoms with van der Waals surface area (Å²) in [7, 11) is 0. The predicted octanol–water partition coefficient (Wildman–Crippen LogP) is 0.766. The number of morpholine rings is 1. The highest BCUT2D eigenvalue weighted by Gasteiger charge is 2.21. The monoisotopic (exact) mass is 272 g/mol. The zero-order valence-corrected chi connectivity index (χ0v) is 12.1. The lowest BCUT2D eigenvalue weighted by Gasteiger charge is -2.27. The first kappa shape index (κ1) is 16.4. The van der Waals surface area contributed by atoms with Crippen molar-refractivity contribution in [2.75, 3.05) is 39.4 Å². The van der Waals surface area contributed by atoms with Crippen LogP contribution in [0.4, 0.5) is 0 Å². The van der Waals surface area contributed by atoms with Gasteiger partial charge < -0.3 is 20.1 Å². The van der Waals surface area contributed by atoms with Gasteiger partial charge >= 0.3 is 0 Å². The summed E-state index contributed by atoms with van der Waals surface area (Å²) in [5, 5.41) is 12.3. The van der Waals surface area contributed by atoms with E-state index in [2.05, 4.69) is 12.2 Å². The van der Waals surface area contributed by atoms with Crippen molar-refractivity contribution in [2.45, 2.75) is 45.1 Å². The number of rotatable bonds is 9. The normalized spacial score (nSPS) is 19.4. The molecule has 1 amide bonds. The number of ether oxygens (including phenoxy) is 1. The lowest BCUT2D eigenvalue weighted by Crippen LogP contribution is -2.43. The number of nitrogens with one attached hydrogen (secondary N) is 1. The van der Waals surface area contributed by atoms with Gasteiger partial charge in [0.25, 0.3) is 0 Å². The summed E-state index contributed by atoms with van der Waals surface area (Å²) in [6.45, 7) is 5.67. The van der Waals surface area contributed by atoms with Gasteiger partial charge in [0.1, 0.15) is 0 Å². The molecule has 112 valence electrons. The van der Waals surface area contributed by atoms with Gasteiger partial charge in [-0.05, 0) is 6.42 Å². The molecule has 19 heavy (non-hydrogen) atoms. The van der Waals surface area contributed by atoms with E-state index in [0.29, 0.717) is 19.6 Å². The minimum Gasteiger partial charge on any atom is -0.395 e. The van der Waals surface area contributed by atoms with Crippen molar-refractivity contribution >= 4 is 5.91 Å². The summed E-state index contributed by atoms with van der Waals surface area (Å²) in [6.07, 6.45) is 4.96. The number of nitrogens with zero attached hydrogens (tertiary/aromatic N) is 1. The van der Waals surface area contributed by atoms with E-state index in [1.807, 2.05) is 0 Å². The van der Waals surface area contributed by atoms with Gasteiger partial charge in [0, 0.05) is 26.2 Å². The van der Waals surface area contributed by atoms with Gasteiger partial charge in [-0.15, -0.1) is 0 Å². The van der Waals surface area contributed by atoms with E-state index < -0.39 is 0 Å². The summed E-state index contributed by atoms with van der Waals surface area (Å²) >= 11 is 0. The van der Waals surface area contributed by atoms with E-state index in [1.165, 1.54) is 12.8 Å². The minimum atomic E-state index is -0.0157. The van der Waals surface area contributed by atoms with Crippen LogP contribution in [0.3, 0.4) is 0 Å². The molecular formula is C14H28N2O3. The smallest absolute Gasteiger partial charge is 0.225 e. The average Bonchev–Trinajstić information content (AvgIpc) is 2.43. The van der Waals surface area contributed by atoms with Crippen LogP contribution in [0.5, 0.6) is 0 Å². The van der Waals surface area contributed by atoms with Crippen molar-refractivity contribution in [3.05, 3.63) is 0 Å². The highest BCUT2D eigenvalue weighted by Crippen LogP contribution is 2.07. The van der Waals surface area contributed by atoms with Gasteiger partial charge in [0.2, 0.25) is 5.91 Å². The van der Waals surface area contributed by atoms with Crippen LogP contribution < -0.4 is 5.32 Å². The predicted molar refractivity (Wildman–Crippen MR) is 75.0 cm³/mol. The summed E-state index contributed by atoms with van der Waals surface area (Å²) in [6, 6.07) is 0. The van der Waals surface area contributed by atoms with Crippen LogP contribution in [-0.4, -0.2) is 61.4 Å². The third kappa shape index (κ3) is 6.89. The molecule has 0 aliphatic carbocycles. The van der Waals surface area contributed by atoms with E-state index in [9.17, 15) is 4.79 Å². The van der Waals surface area contributed by atoms with Gasteiger partial charge in [-0.25, -0.2) is 0 Å². The molecule has 5 nitrogen and oxygen atoms in total.